The van der Waals surface area contributed by atoms with Crippen LogP contribution >= 0.6 is 0 Å². The van der Waals surface area contributed by atoms with Gasteiger partial charge in [-0.2, -0.15) is 0 Å². The molecule has 1 heterocycles. The molecule has 1 aliphatic rings. The lowest BCUT2D eigenvalue weighted by Crippen LogP contribution is -2.42. The molecule has 28 heavy (non-hydrogen) atoms. The average Bonchev–Trinajstić information content (AvgIpc) is 2.67. The highest BCUT2D eigenvalue weighted by atomic mass is 32.2. The number of carbonyl (C=O) groups excluding carboxylic acids is 1. The van der Waals surface area contributed by atoms with Crippen molar-refractivity contribution in [2.24, 2.45) is 0 Å². The van der Waals surface area contributed by atoms with Crippen LogP contribution in [-0.4, -0.2) is 52.2 Å². The lowest BCUT2D eigenvalue weighted by Gasteiger charge is -2.31. The third-order valence-electron chi connectivity index (χ3n) is 4.67. The number of hydrogen-bond acceptors (Lipinski definition) is 5. The zero-order valence-electron chi connectivity index (χ0n) is 15.4. The second kappa shape index (κ2) is 7.92. The van der Waals surface area contributed by atoms with Gasteiger partial charge in [0.15, 0.2) is 9.84 Å². The van der Waals surface area contributed by atoms with Crippen molar-refractivity contribution in [1.82, 2.24) is 4.90 Å². The van der Waals surface area contributed by atoms with Crippen molar-refractivity contribution in [3.8, 4) is 0 Å². The fourth-order valence-corrected chi connectivity index (χ4v) is 5.55. The molecule has 0 aromatic heterocycles. The molecule has 1 saturated heterocycles. The van der Waals surface area contributed by atoms with Crippen LogP contribution in [0.15, 0.2) is 59.5 Å². The number of hydrogen-bond donors (Lipinski definition) is 1. The van der Waals surface area contributed by atoms with Crippen LogP contribution in [0.5, 0.6) is 0 Å². The largest absolute Gasteiger partial charge is 0.339 e. The third-order valence-corrected chi connectivity index (χ3v) is 7.56. The van der Waals surface area contributed by atoms with Crippen LogP contribution < -0.4 is 4.72 Å². The van der Waals surface area contributed by atoms with Crippen molar-refractivity contribution >= 4 is 31.5 Å². The summed E-state index contributed by atoms with van der Waals surface area (Å²) in [6.07, 6.45) is 1.76. The SMILES string of the molecule is CS(=O)(=O)Nc1ccc(S(=O)(=O)C2CCN(C(=O)c3ccccc3)CC2)cc1. The van der Waals surface area contributed by atoms with E-state index in [-0.39, 0.29) is 10.8 Å². The maximum Gasteiger partial charge on any atom is 0.253 e. The number of rotatable bonds is 5. The van der Waals surface area contributed by atoms with Crippen LogP contribution in [0.25, 0.3) is 0 Å². The van der Waals surface area contributed by atoms with Crippen molar-refractivity contribution in [2.75, 3.05) is 24.1 Å². The van der Waals surface area contributed by atoms with E-state index >= 15 is 0 Å². The number of anilines is 1. The zero-order valence-corrected chi connectivity index (χ0v) is 17.0. The Balaban J connectivity index is 1.67. The van der Waals surface area contributed by atoms with Crippen molar-refractivity contribution in [3.05, 3.63) is 60.2 Å². The summed E-state index contributed by atoms with van der Waals surface area (Å²) in [5.74, 6) is -0.0901. The van der Waals surface area contributed by atoms with Gasteiger partial charge in [-0.05, 0) is 49.2 Å². The van der Waals surface area contributed by atoms with Crippen LogP contribution in [0.2, 0.25) is 0 Å². The van der Waals surface area contributed by atoms with E-state index in [0.717, 1.165) is 6.26 Å². The summed E-state index contributed by atoms with van der Waals surface area (Å²) in [5, 5.41) is -0.568. The molecule has 1 aliphatic heterocycles. The normalized spacial score (nSPS) is 16.0. The molecule has 1 fully saturated rings. The van der Waals surface area contributed by atoms with Gasteiger partial charge in [0.2, 0.25) is 10.0 Å². The predicted octanol–water partition coefficient (Wildman–Crippen LogP) is 2.14. The quantitative estimate of drug-likeness (QED) is 0.796. The van der Waals surface area contributed by atoms with Crippen LogP contribution in [0.3, 0.4) is 0 Å². The van der Waals surface area contributed by atoms with Crippen LogP contribution in [0.1, 0.15) is 23.2 Å². The second-order valence-electron chi connectivity index (χ2n) is 6.80. The van der Waals surface area contributed by atoms with Gasteiger partial charge in [0.25, 0.3) is 5.91 Å². The number of sulfonamides is 1. The van der Waals surface area contributed by atoms with Gasteiger partial charge in [0.1, 0.15) is 0 Å². The molecular formula is C19H22N2O5S2. The first-order valence-corrected chi connectivity index (χ1v) is 12.3. The number of benzene rings is 2. The van der Waals surface area contributed by atoms with Gasteiger partial charge in [-0.15, -0.1) is 0 Å². The molecule has 0 bridgehead atoms. The van der Waals surface area contributed by atoms with E-state index in [9.17, 15) is 21.6 Å². The highest BCUT2D eigenvalue weighted by molar-refractivity contribution is 7.92. The van der Waals surface area contributed by atoms with Crippen molar-refractivity contribution in [1.29, 1.82) is 0 Å². The molecule has 9 heteroatoms. The molecule has 1 amide bonds. The van der Waals surface area contributed by atoms with Gasteiger partial charge in [-0.25, -0.2) is 16.8 Å². The molecule has 1 N–H and O–H groups in total. The van der Waals surface area contributed by atoms with Crippen LogP contribution in [-0.2, 0) is 19.9 Å². The number of piperidine rings is 1. The fourth-order valence-electron chi connectivity index (χ4n) is 3.25. The number of nitrogens with one attached hydrogen (secondary N) is 1. The summed E-state index contributed by atoms with van der Waals surface area (Å²) >= 11 is 0. The minimum absolute atomic E-state index is 0.0901. The molecule has 0 radical (unpaired) electrons. The maximum atomic E-state index is 12.9. The van der Waals surface area contributed by atoms with Gasteiger partial charge >= 0.3 is 0 Å². The highest BCUT2D eigenvalue weighted by Gasteiger charge is 2.32. The van der Waals surface area contributed by atoms with Crippen molar-refractivity contribution < 1.29 is 21.6 Å². The molecule has 0 unspecified atom stereocenters. The number of amides is 1. The van der Waals surface area contributed by atoms with E-state index in [0.29, 0.717) is 37.2 Å². The van der Waals surface area contributed by atoms with E-state index in [1.54, 1.807) is 29.2 Å². The highest BCUT2D eigenvalue weighted by Crippen LogP contribution is 2.26. The number of sulfone groups is 1. The molecule has 0 aliphatic carbocycles. The Labute approximate surface area is 165 Å². The van der Waals surface area contributed by atoms with Crippen molar-refractivity contribution in [3.63, 3.8) is 0 Å². The summed E-state index contributed by atoms with van der Waals surface area (Å²) in [5.41, 5.74) is 0.905. The molecule has 2 aromatic rings. The average molecular weight is 423 g/mol. The minimum Gasteiger partial charge on any atom is -0.339 e. The molecular weight excluding hydrogens is 400 g/mol. The van der Waals surface area contributed by atoms with E-state index in [4.69, 9.17) is 0 Å². The Morgan fingerprint density at radius 3 is 2.04 bits per heavy atom. The minimum atomic E-state index is -3.55. The van der Waals surface area contributed by atoms with E-state index in [1.807, 2.05) is 6.07 Å². The molecule has 3 rings (SSSR count). The molecule has 150 valence electrons. The summed E-state index contributed by atoms with van der Waals surface area (Å²) in [6, 6.07) is 14.6. The van der Waals surface area contributed by atoms with E-state index < -0.39 is 25.1 Å². The number of likely N-dealkylation sites (tertiary alicyclic amines) is 1. The topological polar surface area (TPSA) is 101 Å². The Morgan fingerprint density at radius 1 is 0.929 bits per heavy atom. The number of nitrogens with zero attached hydrogens (tertiary/aromatic N) is 1. The van der Waals surface area contributed by atoms with Gasteiger partial charge in [0.05, 0.1) is 16.4 Å². The molecule has 0 atom stereocenters. The number of carbonyl (C=O) groups is 1. The first kappa shape index (κ1) is 20.3. The van der Waals surface area contributed by atoms with Gasteiger partial charge in [0, 0.05) is 24.3 Å². The molecule has 0 saturated carbocycles. The van der Waals surface area contributed by atoms with E-state index in [1.165, 1.54) is 24.3 Å². The Morgan fingerprint density at radius 2 is 1.50 bits per heavy atom. The Kier molecular flexibility index (Phi) is 5.76. The monoisotopic (exact) mass is 422 g/mol. The first-order valence-electron chi connectivity index (χ1n) is 8.83. The first-order chi connectivity index (χ1) is 13.2. The predicted molar refractivity (Wildman–Crippen MR) is 107 cm³/mol. The Hall–Kier alpha value is -2.39. The Bertz CT molecular complexity index is 1040. The third kappa shape index (κ3) is 4.71. The second-order valence-corrected chi connectivity index (χ2v) is 10.8. The standard InChI is InChI=1S/C19H22N2O5S2/c1-27(23,24)20-16-7-9-17(10-8-16)28(25,26)18-11-13-21(14-12-18)19(22)15-5-3-2-4-6-15/h2-10,18,20H,11-14H2,1H3. The van der Waals surface area contributed by atoms with Crippen LogP contribution in [0, 0.1) is 0 Å². The lowest BCUT2D eigenvalue weighted by molar-refractivity contribution is 0.0725. The molecule has 2 aromatic carbocycles. The zero-order chi connectivity index (χ0) is 20.4. The smallest absolute Gasteiger partial charge is 0.253 e. The molecule has 0 spiro atoms. The fraction of sp³-hybridized carbons (Fsp3) is 0.316. The van der Waals surface area contributed by atoms with Crippen molar-refractivity contribution in [2.45, 2.75) is 23.0 Å². The lowest BCUT2D eigenvalue weighted by atomic mass is 10.1. The molecule has 7 nitrogen and oxygen atoms in total. The van der Waals surface area contributed by atoms with Gasteiger partial charge in [-0.3, -0.25) is 9.52 Å². The van der Waals surface area contributed by atoms with Gasteiger partial charge in [-0.1, -0.05) is 18.2 Å². The summed E-state index contributed by atoms with van der Waals surface area (Å²) < 4.78 is 50.6. The van der Waals surface area contributed by atoms with Crippen LogP contribution in [0.4, 0.5) is 5.69 Å². The van der Waals surface area contributed by atoms with Gasteiger partial charge < -0.3 is 4.90 Å². The summed E-state index contributed by atoms with van der Waals surface area (Å²) in [4.78, 5) is 14.3. The summed E-state index contributed by atoms with van der Waals surface area (Å²) in [7, 11) is -6.97. The van der Waals surface area contributed by atoms with E-state index in [2.05, 4.69) is 4.72 Å². The maximum absolute atomic E-state index is 12.9. The summed E-state index contributed by atoms with van der Waals surface area (Å²) in [6.45, 7) is 0.761.